The van der Waals surface area contributed by atoms with E-state index in [4.69, 9.17) is 0 Å². The van der Waals surface area contributed by atoms with E-state index in [1.54, 1.807) is 0 Å². The van der Waals surface area contributed by atoms with E-state index in [0.29, 0.717) is 6.54 Å². The Balaban J connectivity index is 1.52. The molecule has 1 aromatic heterocycles. The minimum atomic E-state index is 0.284. The maximum atomic E-state index is 12.5. The summed E-state index contributed by atoms with van der Waals surface area (Å²) in [5.41, 5.74) is 0.982. The highest BCUT2D eigenvalue weighted by atomic mass is 16.2. The Hall–Kier alpha value is -1.89. The Morgan fingerprint density at radius 1 is 1.12 bits per heavy atom. The summed E-state index contributed by atoms with van der Waals surface area (Å²) < 4.78 is 0. The minimum Gasteiger partial charge on any atom is -0.363 e. The van der Waals surface area contributed by atoms with E-state index in [9.17, 15) is 4.79 Å². The van der Waals surface area contributed by atoms with Crippen molar-refractivity contribution in [2.75, 3.05) is 69.7 Å². The molecule has 7 heteroatoms. The van der Waals surface area contributed by atoms with Gasteiger partial charge in [-0.1, -0.05) is 6.92 Å². The van der Waals surface area contributed by atoms with E-state index in [1.165, 1.54) is 0 Å². The lowest BCUT2D eigenvalue weighted by atomic mass is 9.99. The summed E-state index contributed by atoms with van der Waals surface area (Å²) in [5.74, 6) is 2.77. The largest absolute Gasteiger partial charge is 0.363 e. The lowest BCUT2D eigenvalue weighted by molar-refractivity contribution is -0.133. The molecule has 0 spiro atoms. The maximum Gasteiger partial charge on any atom is 0.236 e. The molecule has 2 aliphatic rings. The zero-order valence-electron chi connectivity index (χ0n) is 16.6. The summed E-state index contributed by atoms with van der Waals surface area (Å²) in [7, 11) is 3.99. The van der Waals surface area contributed by atoms with Crippen molar-refractivity contribution in [3.8, 4) is 0 Å². The minimum absolute atomic E-state index is 0.284. The number of amides is 1. The first-order valence-electron chi connectivity index (χ1n) is 9.70. The van der Waals surface area contributed by atoms with Crippen molar-refractivity contribution in [1.29, 1.82) is 0 Å². The molecular weight excluding hydrogens is 328 g/mol. The highest BCUT2D eigenvalue weighted by Gasteiger charge is 2.25. The first kappa shape index (κ1) is 18.9. The predicted octanol–water partition coefficient (Wildman–Crippen LogP) is 1.23. The van der Waals surface area contributed by atoms with E-state index >= 15 is 0 Å². The fourth-order valence-corrected chi connectivity index (χ4v) is 3.56. The summed E-state index contributed by atoms with van der Waals surface area (Å²) in [6.45, 7) is 10.1. The zero-order valence-corrected chi connectivity index (χ0v) is 16.6. The van der Waals surface area contributed by atoms with Crippen LogP contribution in [0.15, 0.2) is 6.07 Å². The van der Waals surface area contributed by atoms with Gasteiger partial charge in [0, 0.05) is 65.1 Å². The van der Waals surface area contributed by atoms with Crippen molar-refractivity contribution >= 4 is 17.7 Å². The van der Waals surface area contributed by atoms with Crippen molar-refractivity contribution in [3.63, 3.8) is 0 Å². The lowest BCUT2D eigenvalue weighted by Crippen LogP contribution is -2.51. The van der Waals surface area contributed by atoms with Gasteiger partial charge in [0.25, 0.3) is 0 Å². The Morgan fingerprint density at radius 3 is 2.38 bits per heavy atom. The molecule has 7 nitrogen and oxygen atoms in total. The summed E-state index contributed by atoms with van der Waals surface area (Å²) in [6.07, 6.45) is 2.27. The molecule has 144 valence electrons. The third-order valence-electron chi connectivity index (χ3n) is 5.44. The van der Waals surface area contributed by atoms with Gasteiger partial charge in [0.05, 0.1) is 6.54 Å². The summed E-state index contributed by atoms with van der Waals surface area (Å²) in [4.78, 5) is 30.3. The van der Waals surface area contributed by atoms with Crippen molar-refractivity contribution < 1.29 is 4.79 Å². The molecule has 1 aromatic rings. The third-order valence-corrected chi connectivity index (χ3v) is 5.44. The van der Waals surface area contributed by atoms with Crippen molar-refractivity contribution in [1.82, 2.24) is 19.8 Å². The van der Waals surface area contributed by atoms with Crippen molar-refractivity contribution in [3.05, 3.63) is 11.8 Å². The van der Waals surface area contributed by atoms with Crippen molar-refractivity contribution in [2.24, 2.45) is 5.92 Å². The van der Waals surface area contributed by atoms with E-state index in [0.717, 1.165) is 75.5 Å². The number of piperidine rings is 1. The number of anilines is 2. The van der Waals surface area contributed by atoms with Gasteiger partial charge in [0.15, 0.2) is 0 Å². The predicted molar refractivity (Wildman–Crippen MR) is 105 cm³/mol. The number of aryl methyl sites for hydroxylation is 1. The molecule has 0 aliphatic carbocycles. The van der Waals surface area contributed by atoms with Gasteiger partial charge in [-0.05, 0) is 25.7 Å². The molecule has 0 saturated carbocycles. The number of carbonyl (C=O) groups is 1. The Morgan fingerprint density at radius 2 is 1.77 bits per heavy atom. The highest BCUT2D eigenvalue weighted by Crippen LogP contribution is 2.18. The Kier molecular flexibility index (Phi) is 5.96. The van der Waals surface area contributed by atoms with Crippen LogP contribution in [-0.4, -0.2) is 85.6 Å². The van der Waals surface area contributed by atoms with Crippen LogP contribution in [0.5, 0.6) is 0 Å². The Bertz CT molecular complexity index is 618. The third kappa shape index (κ3) is 4.63. The molecule has 0 bridgehead atoms. The standard InChI is InChI=1S/C19H32N6O/c1-15-5-7-24(8-6-15)18(26)14-23-9-11-25(12-10-23)19-20-16(2)13-17(21-19)22(3)4/h13,15H,5-12,14H2,1-4H3. The van der Waals surface area contributed by atoms with E-state index in [-0.39, 0.29) is 5.91 Å². The van der Waals surface area contributed by atoms with Gasteiger partial charge in [-0.15, -0.1) is 0 Å². The number of likely N-dealkylation sites (tertiary alicyclic amines) is 1. The molecule has 26 heavy (non-hydrogen) atoms. The molecule has 0 radical (unpaired) electrons. The van der Waals surface area contributed by atoms with Gasteiger partial charge >= 0.3 is 0 Å². The monoisotopic (exact) mass is 360 g/mol. The summed E-state index contributed by atoms with van der Waals surface area (Å²) in [5, 5.41) is 0. The fraction of sp³-hybridized carbons (Fsp3) is 0.737. The zero-order chi connectivity index (χ0) is 18.7. The second-order valence-electron chi connectivity index (χ2n) is 7.89. The molecule has 2 aliphatic heterocycles. The normalized spacial score (nSPS) is 19.7. The molecule has 0 atom stereocenters. The average molecular weight is 361 g/mol. The molecule has 0 aromatic carbocycles. The van der Waals surface area contributed by atoms with Crippen LogP contribution in [0.2, 0.25) is 0 Å². The molecule has 1 amide bonds. The molecular formula is C19H32N6O. The Labute approximate surface area is 157 Å². The van der Waals surface area contributed by atoms with Gasteiger partial charge in [-0.3, -0.25) is 9.69 Å². The van der Waals surface area contributed by atoms with Crippen LogP contribution in [0.1, 0.15) is 25.5 Å². The van der Waals surface area contributed by atoms with Crippen LogP contribution in [-0.2, 0) is 4.79 Å². The molecule has 3 heterocycles. The second-order valence-corrected chi connectivity index (χ2v) is 7.89. The van der Waals surface area contributed by atoms with Gasteiger partial charge in [0.2, 0.25) is 11.9 Å². The summed E-state index contributed by atoms with van der Waals surface area (Å²) in [6, 6.07) is 2.00. The van der Waals surface area contributed by atoms with Gasteiger partial charge in [-0.2, -0.15) is 4.98 Å². The fourth-order valence-electron chi connectivity index (χ4n) is 3.56. The lowest BCUT2D eigenvalue weighted by Gasteiger charge is -2.36. The molecule has 2 saturated heterocycles. The van der Waals surface area contributed by atoms with Gasteiger partial charge in [-0.25, -0.2) is 4.98 Å². The number of piperazine rings is 1. The van der Waals surface area contributed by atoms with E-state index in [1.807, 2.05) is 36.9 Å². The van der Waals surface area contributed by atoms with Crippen LogP contribution in [0.4, 0.5) is 11.8 Å². The molecule has 0 N–H and O–H groups in total. The highest BCUT2D eigenvalue weighted by molar-refractivity contribution is 5.78. The van der Waals surface area contributed by atoms with Gasteiger partial charge in [0.1, 0.15) is 5.82 Å². The van der Waals surface area contributed by atoms with E-state index < -0.39 is 0 Å². The van der Waals surface area contributed by atoms with Crippen LogP contribution < -0.4 is 9.80 Å². The molecule has 0 unspecified atom stereocenters. The van der Waals surface area contributed by atoms with Crippen LogP contribution >= 0.6 is 0 Å². The van der Waals surface area contributed by atoms with Crippen LogP contribution in [0.3, 0.4) is 0 Å². The van der Waals surface area contributed by atoms with Crippen molar-refractivity contribution in [2.45, 2.75) is 26.7 Å². The number of hydrogen-bond acceptors (Lipinski definition) is 6. The van der Waals surface area contributed by atoms with E-state index in [2.05, 4.69) is 26.7 Å². The molecule has 2 fully saturated rings. The smallest absolute Gasteiger partial charge is 0.236 e. The average Bonchev–Trinajstić information content (AvgIpc) is 2.62. The quantitative estimate of drug-likeness (QED) is 0.805. The number of nitrogens with zero attached hydrogens (tertiary/aromatic N) is 6. The summed E-state index contributed by atoms with van der Waals surface area (Å²) >= 11 is 0. The number of aromatic nitrogens is 2. The first-order valence-corrected chi connectivity index (χ1v) is 9.70. The molecule has 3 rings (SSSR count). The number of rotatable bonds is 4. The first-order chi connectivity index (χ1) is 12.4. The van der Waals surface area contributed by atoms with Crippen LogP contribution in [0, 0.1) is 12.8 Å². The van der Waals surface area contributed by atoms with Gasteiger partial charge < -0.3 is 14.7 Å². The van der Waals surface area contributed by atoms with Crippen LogP contribution in [0.25, 0.3) is 0 Å². The second kappa shape index (κ2) is 8.20. The number of carbonyl (C=O) groups excluding carboxylic acids is 1. The number of hydrogen-bond donors (Lipinski definition) is 0. The SMILES string of the molecule is Cc1cc(N(C)C)nc(N2CCN(CC(=O)N3CCC(C)CC3)CC2)n1. The maximum absolute atomic E-state index is 12.5. The topological polar surface area (TPSA) is 55.8 Å².